The number of nitrogens with zero attached hydrogens (tertiary/aromatic N) is 1. The second kappa shape index (κ2) is 6.57. The van der Waals surface area contributed by atoms with Crippen LogP contribution >= 0.6 is 11.6 Å². The lowest BCUT2D eigenvalue weighted by Gasteiger charge is -2.33. The van der Waals surface area contributed by atoms with E-state index in [0.717, 1.165) is 30.8 Å². The summed E-state index contributed by atoms with van der Waals surface area (Å²) >= 11 is 5.94. The van der Waals surface area contributed by atoms with Crippen LogP contribution in [0.15, 0.2) is 18.2 Å². The molecule has 0 aliphatic carbocycles. The highest BCUT2D eigenvalue weighted by molar-refractivity contribution is 6.31. The van der Waals surface area contributed by atoms with Crippen LogP contribution in [0.1, 0.15) is 18.9 Å². The fourth-order valence-electron chi connectivity index (χ4n) is 2.48. The van der Waals surface area contributed by atoms with E-state index >= 15 is 0 Å². The first-order valence-electron chi connectivity index (χ1n) is 6.92. The molecule has 0 aromatic heterocycles. The van der Waals surface area contributed by atoms with Crippen molar-refractivity contribution in [3.05, 3.63) is 28.8 Å². The number of aryl methyl sites for hydroxylation is 1. The van der Waals surface area contributed by atoms with Gasteiger partial charge in [-0.15, -0.1) is 0 Å². The standard InChI is InChI=1S/C15H21ClN2O2/c1-10-3-4-12(16)7-13(10)17-15(20)9-18-6-5-14(19)11(2)8-18/h3-4,7,11,14,19H,5-6,8-9H2,1-2H3,(H,17,20). The molecule has 0 saturated carbocycles. The molecular formula is C15H21ClN2O2. The van der Waals surface area contributed by atoms with Crippen molar-refractivity contribution in [1.29, 1.82) is 0 Å². The summed E-state index contributed by atoms with van der Waals surface area (Å²) in [5, 5.41) is 13.2. The van der Waals surface area contributed by atoms with Crippen molar-refractivity contribution >= 4 is 23.2 Å². The largest absolute Gasteiger partial charge is 0.393 e. The Morgan fingerprint density at radius 2 is 2.30 bits per heavy atom. The Labute approximate surface area is 124 Å². The summed E-state index contributed by atoms with van der Waals surface area (Å²) in [5.74, 6) is 0.170. The third-order valence-corrected chi connectivity index (χ3v) is 4.02. The fraction of sp³-hybridized carbons (Fsp3) is 0.533. The minimum atomic E-state index is -0.246. The second-order valence-electron chi connectivity index (χ2n) is 5.58. The normalized spacial score (nSPS) is 23.6. The Balaban J connectivity index is 1.91. The molecule has 1 saturated heterocycles. The van der Waals surface area contributed by atoms with E-state index in [4.69, 9.17) is 11.6 Å². The molecule has 2 rings (SSSR count). The number of aliphatic hydroxyl groups is 1. The number of piperidine rings is 1. The molecule has 2 atom stereocenters. The van der Waals surface area contributed by atoms with Gasteiger partial charge in [-0.2, -0.15) is 0 Å². The molecule has 1 aliphatic heterocycles. The summed E-state index contributed by atoms with van der Waals surface area (Å²) < 4.78 is 0. The molecule has 2 N–H and O–H groups in total. The SMILES string of the molecule is Cc1ccc(Cl)cc1NC(=O)CN1CCC(O)C(C)C1. The maximum Gasteiger partial charge on any atom is 0.238 e. The Morgan fingerprint density at radius 3 is 3.00 bits per heavy atom. The van der Waals surface area contributed by atoms with Crippen molar-refractivity contribution in [3.63, 3.8) is 0 Å². The number of hydrogen-bond acceptors (Lipinski definition) is 3. The van der Waals surface area contributed by atoms with E-state index in [9.17, 15) is 9.90 Å². The van der Waals surface area contributed by atoms with Gasteiger partial charge in [-0.25, -0.2) is 0 Å². The molecule has 1 aromatic carbocycles. The van der Waals surface area contributed by atoms with Crippen molar-refractivity contribution in [1.82, 2.24) is 4.90 Å². The van der Waals surface area contributed by atoms with E-state index in [2.05, 4.69) is 10.2 Å². The number of aliphatic hydroxyl groups excluding tert-OH is 1. The number of halogens is 1. The summed E-state index contributed by atoms with van der Waals surface area (Å²) in [6, 6.07) is 5.45. The number of nitrogens with one attached hydrogen (secondary N) is 1. The Morgan fingerprint density at radius 1 is 1.55 bits per heavy atom. The van der Waals surface area contributed by atoms with Gasteiger partial charge in [0.25, 0.3) is 0 Å². The first-order valence-corrected chi connectivity index (χ1v) is 7.30. The van der Waals surface area contributed by atoms with Crippen molar-refractivity contribution < 1.29 is 9.90 Å². The molecule has 0 bridgehead atoms. The molecular weight excluding hydrogens is 276 g/mol. The minimum absolute atomic E-state index is 0.0426. The highest BCUT2D eigenvalue weighted by Crippen LogP contribution is 2.20. The van der Waals surface area contributed by atoms with Gasteiger partial charge in [0, 0.05) is 23.8 Å². The first-order chi connectivity index (χ1) is 9.45. The predicted molar refractivity (Wildman–Crippen MR) is 81.0 cm³/mol. The van der Waals surface area contributed by atoms with E-state index in [-0.39, 0.29) is 17.9 Å². The van der Waals surface area contributed by atoms with Gasteiger partial charge in [-0.05, 0) is 37.0 Å². The molecule has 1 aliphatic rings. The van der Waals surface area contributed by atoms with Crippen LogP contribution in [0.5, 0.6) is 0 Å². The average Bonchev–Trinajstić information content (AvgIpc) is 2.38. The van der Waals surface area contributed by atoms with Crippen LogP contribution in [-0.2, 0) is 4.79 Å². The quantitative estimate of drug-likeness (QED) is 0.900. The smallest absolute Gasteiger partial charge is 0.238 e. The van der Waals surface area contributed by atoms with Crippen molar-refractivity contribution in [2.75, 3.05) is 25.0 Å². The summed E-state index contributed by atoms with van der Waals surface area (Å²) in [7, 11) is 0. The van der Waals surface area contributed by atoms with Crippen LogP contribution in [0.4, 0.5) is 5.69 Å². The van der Waals surface area contributed by atoms with Gasteiger partial charge < -0.3 is 10.4 Å². The zero-order valence-corrected chi connectivity index (χ0v) is 12.7. The van der Waals surface area contributed by atoms with Gasteiger partial charge in [0.2, 0.25) is 5.91 Å². The number of benzene rings is 1. The molecule has 5 heteroatoms. The summed E-state index contributed by atoms with van der Waals surface area (Å²) in [5.41, 5.74) is 1.75. The molecule has 1 fully saturated rings. The van der Waals surface area contributed by atoms with Crippen LogP contribution in [-0.4, -0.2) is 41.7 Å². The molecule has 4 nitrogen and oxygen atoms in total. The first kappa shape index (κ1) is 15.3. The maximum absolute atomic E-state index is 12.1. The lowest BCUT2D eigenvalue weighted by Crippen LogP contribution is -2.45. The third-order valence-electron chi connectivity index (χ3n) is 3.79. The lowest BCUT2D eigenvalue weighted by atomic mass is 9.97. The number of likely N-dealkylation sites (tertiary alicyclic amines) is 1. The van der Waals surface area contributed by atoms with Gasteiger partial charge >= 0.3 is 0 Å². The van der Waals surface area contributed by atoms with E-state index in [0.29, 0.717) is 11.6 Å². The van der Waals surface area contributed by atoms with Crippen LogP contribution < -0.4 is 5.32 Å². The molecule has 0 spiro atoms. The van der Waals surface area contributed by atoms with Crippen LogP contribution in [0, 0.1) is 12.8 Å². The molecule has 1 amide bonds. The molecule has 2 unspecified atom stereocenters. The number of rotatable bonds is 3. The zero-order valence-electron chi connectivity index (χ0n) is 11.9. The third kappa shape index (κ3) is 3.95. The van der Waals surface area contributed by atoms with E-state index in [1.54, 1.807) is 12.1 Å². The molecule has 0 radical (unpaired) electrons. The highest BCUT2D eigenvalue weighted by atomic mass is 35.5. The number of carbonyl (C=O) groups excluding carboxylic acids is 1. The van der Waals surface area contributed by atoms with Gasteiger partial charge in [0.1, 0.15) is 0 Å². The van der Waals surface area contributed by atoms with Gasteiger partial charge in [-0.3, -0.25) is 9.69 Å². The molecule has 110 valence electrons. The van der Waals surface area contributed by atoms with E-state index in [1.807, 2.05) is 19.9 Å². The lowest BCUT2D eigenvalue weighted by molar-refractivity contribution is -0.118. The van der Waals surface area contributed by atoms with Crippen LogP contribution in [0.2, 0.25) is 5.02 Å². The topological polar surface area (TPSA) is 52.6 Å². The van der Waals surface area contributed by atoms with Crippen molar-refractivity contribution in [2.24, 2.45) is 5.92 Å². The molecule has 1 aromatic rings. The highest BCUT2D eigenvalue weighted by Gasteiger charge is 2.25. The van der Waals surface area contributed by atoms with Crippen molar-refractivity contribution in [2.45, 2.75) is 26.4 Å². The Bertz CT molecular complexity index is 493. The van der Waals surface area contributed by atoms with Crippen LogP contribution in [0.25, 0.3) is 0 Å². The van der Waals surface area contributed by atoms with E-state index in [1.165, 1.54) is 0 Å². The number of amides is 1. The monoisotopic (exact) mass is 296 g/mol. The van der Waals surface area contributed by atoms with Crippen LogP contribution in [0.3, 0.4) is 0 Å². The molecule has 1 heterocycles. The van der Waals surface area contributed by atoms with Gasteiger partial charge in [0.05, 0.1) is 12.6 Å². The average molecular weight is 297 g/mol. The van der Waals surface area contributed by atoms with E-state index < -0.39 is 0 Å². The van der Waals surface area contributed by atoms with Gasteiger partial charge in [0.15, 0.2) is 0 Å². The number of carbonyl (C=O) groups is 1. The number of hydrogen-bond donors (Lipinski definition) is 2. The van der Waals surface area contributed by atoms with Gasteiger partial charge in [-0.1, -0.05) is 24.6 Å². The maximum atomic E-state index is 12.1. The summed E-state index contributed by atoms with van der Waals surface area (Å²) in [6.07, 6.45) is 0.481. The number of anilines is 1. The second-order valence-corrected chi connectivity index (χ2v) is 6.01. The zero-order chi connectivity index (χ0) is 14.7. The fourth-order valence-corrected chi connectivity index (χ4v) is 2.66. The Hall–Kier alpha value is -1.10. The summed E-state index contributed by atoms with van der Waals surface area (Å²) in [4.78, 5) is 14.2. The Kier molecular flexibility index (Phi) is 5.02. The predicted octanol–water partition coefficient (Wildman–Crippen LogP) is 2.29. The van der Waals surface area contributed by atoms with Crippen molar-refractivity contribution in [3.8, 4) is 0 Å². The summed E-state index contributed by atoms with van der Waals surface area (Å²) in [6.45, 7) is 5.81. The molecule has 20 heavy (non-hydrogen) atoms. The minimum Gasteiger partial charge on any atom is -0.393 e.